The summed E-state index contributed by atoms with van der Waals surface area (Å²) in [5.41, 5.74) is 3.84. The molecule has 0 atom stereocenters. The molecular formula is C20H24N6O2. The number of carbonyl (C=O) groups excluding carboxylic acids is 1. The smallest absolute Gasteiger partial charge is 0.229 e. The van der Waals surface area contributed by atoms with E-state index in [0.717, 1.165) is 33.6 Å². The number of hydrogen-bond acceptors (Lipinski definition) is 5. The van der Waals surface area contributed by atoms with Gasteiger partial charge in [0.2, 0.25) is 17.8 Å². The predicted molar refractivity (Wildman–Crippen MR) is 110 cm³/mol. The Balaban J connectivity index is 1.73. The number of aryl methyl sites for hydroxylation is 2. The molecule has 8 nitrogen and oxygen atoms in total. The van der Waals surface area contributed by atoms with Gasteiger partial charge in [0.25, 0.3) is 0 Å². The lowest BCUT2D eigenvalue weighted by molar-refractivity contribution is -0.117. The number of carbonyl (C=O) groups is 1. The fourth-order valence-corrected chi connectivity index (χ4v) is 2.95. The third-order valence-corrected chi connectivity index (χ3v) is 4.13. The van der Waals surface area contributed by atoms with Gasteiger partial charge in [-0.25, -0.2) is 9.97 Å². The number of fused-ring (bicyclic) bond motifs is 1. The lowest BCUT2D eigenvalue weighted by Gasteiger charge is -2.10. The molecule has 2 aromatic heterocycles. The molecule has 0 unspecified atom stereocenters. The summed E-state index contributed by atoms with van der Waals surface area (Å²) < 4.78 is 5.25. The molecule has 1 aromatic carbocycles. The molecule has 0 aliphatic rings. The average Bonchev–Trinajstić information content (AvgIpc) is 3.02. The van der Waals surface area contributed by atoms with Crippen molar-refractivity contribution < 1.29 is 9.53 Å². The van der Waals surface area contributed by atoms with Crippen LogP contribution < -0.4 is 15.4 Å². The lowest BCUT2D eigenvalue weighted by atomic mass is 10.1. The van der Waals surface area contributed by atoms with Gasteiger partial charge in [-0.15, -0.1) is 0 Å². The summed E-state index contributed by atoms with van der Waals surface area (Å²) in [5, 5.41) is 6.82. The number of aliphatic imine (C=N–C) groups is 1. The van der Waals surface area contributed by atoms with E-state index in [4.69, 9.17) is 4.74 Å². The molecule has 0 aliphatic carbocycles. The van der Waals surface area contributed by atoms with Gasteiger partial charge in [0, 0.05) is 48.0 Å². The molecule has 0 spiro atoms. The van der Waals surface area contributed by atoms with Crippen LogP contribution in [0.15, 0.2) is 35.5 Å². The Morgan fingerprint density at radius 3 is 2.64 bits per heavy atom. The predicted octanol–water partition coefficient (Wildman–Crippen LogP) is 2.73. The van der Waals surface area contributed by atoms with Crippen molar-refractivity contribution in [2.45, 2.75) is 27.2 Å². The van der Waals surface area contributed by atoms with Gasteiger partial charge in [-0.1, -0.05) is 0 Å². The number of H-pyrrole nitrogens is 1. The van der Waals surface area contributed by atoms with E-state index in [-0.39, 0.29) is 5.91 Å². The SMILES string of the molecule is COc1ccc2c(CCN=C(NC(C)=O)Nc3nc(C)cc(C)n3)c[nH]c2c1. The summed E-state index contributed by atoms with van der Waals surface area (Å²) in [7, 11) is 1.65. The van der Waals surface area contributed by atoms with Crippen LogP contribution in [0, 0.1) is 13.8 Å². The molecule has 0 fully saturated rings. The first-order valence-electron chi connectivity index (χ1n) is 9.00. The molecule has 3 aromatic rings. The molecule has 2 heterocycles. The maximum atomic E-state index is 11.5. The number of ether oxygens (including phenoxy) is 1. The Hall–Kier alpha value is -3.42. The van der Waals surface area contributed by atoms with Crippen LogP contribution in [0.3, 0.4) is 0 Å². The van der Waals surface area contributed by atoms with E-state index in [9.17, 15) is 4.79 Å². The maximum Gasteiger partial charge on any atom is 0.229 e. The molecule has 8 heteroatoms. The fourth-order valence-electron chi connectivity index (χ4n) is 2.95. The number of methoxy groups -OCH3 is 1. The number of benzene rings is 1. The molecule has 1 amide bonds. The Morgan fingerprint density at radius 2 is 1.96 bits per heavy atom. The molecule has 3 rings (SSSR count). The van der Waals surface area contributed by atoms with E-state index >= 15 is 0 Å². The Kier molecular flexibility index (Phi) is 5.88. The van der Waals surface area contributed by atoms with Gasteiger partial charge < -0.3 is 9.72 Å². The van der Waals surface area contributed by atoms with Crippen molar-refractivity contribution in [2.75, 3.05) is 19.0 Å². The highest BCUT2D eigenvalue weighted by Crippen LogP contribution is 2.23. The van der Waals surface area contributed by atoms with Crippen LogP contribution in [0.1, 0.15) is 23.9 Å². The van der Waals surface area contributed by atoms with Crippen molar-refractivity contribution in [2.24, 2.45) is 4.99 Å². The minimum absolute atomic E-state index is 0.213. The molecule has 28 heavy (non-hydrogen) atoms. The molecule has 0 bridgehead atoms. The van der Waals surface area contributed by atoms with E-state index in [0.29, 0.717) is 24.9 Å². The van der Waals surface area contributed by atoms with Crippen LogP contribution in [0.4, 0.5) is 5.95 Å². The van der Waals surface area contributed by atoms with E-state index in [1.54, 1.807) is 7.11 Å². The zero-order valence-corrected chi connectivity index (χ0v) is 16.5. The summed E-state index contributed by atoms with van der Waals surface area (Å²) >= 11 is 0. The molecule has 0 aliphatic heterocycles. The van der Waals surface area contributed by atoms with Crippen LogP contribution in [0.5, 0.6) is 5.75 Å². The van der Waals surface area contributed by atoms with E-state index in [2.05, 4.69) is 30.6 Å². The van der Waals surface area contributed by atoms with Gasteiger partial charge in [-0.05, 0) is 44.0 Å². The monoisotopic (exact) mass is 380 g/mol. The zero-order chi connectivity index (χ0) is 20.1. The minimum atomic E-state index is -0.213. The molecule has 0 saturated carbocycles. The summed E-state index contributed by atoms with van der Waals surface area (Å²) in [6.07, 6.45) is 2.68. The second kappa shape index (κ2) is 8.51. The zero-order valence-electron chi connectivity index (χ0n) is 16.5. The number of aromatic nitrogens is 3. The topological polar surface area (TPSA) is 104 Å². The summed E-state index contributed by atoms with van der Waals surface area (Å²) in [6.45, 7) is 5.71. The Bertz CT molecular complexity index is 1000. The number of nitrogens with zero attached hydrogens (tertiary/aromatic N) is 3. The van der Waals surface area contributed by atoms with Gasteiger partial charge in [0.1, 0.15) is 5.75 Å². The number of amides is 1. The van der Waals surface area contributed by atoms with Gasteiger partial charge in [0.05, 0.1) is 7.11 Å². The number of hydrogen-bond donors (Lipinski definition) is 3. The first kappa shape index (κ1) is 19.3. The largest absolute Gasteiger partial charge is 0.497 e. The van der Waals surface area contributed by atoms with Crippen molar-refractivity contribution in [1.29, 1.82) is 0 Å². The number of anilines is 1. The average molecular weight is 380 g/mol. The van der Waals surface area contributed by atoms with Crippen molar-refractivity contribution in [1.82, 2.24) is 20.3 Å². The number of guanidine groups is 1. The second-order valence-electron chi connectivity index (χ2n) is 6.49. The van der Waals surface area contributed by atoms with Crippen molar-refractivity contribution in [3.8, 4) is 5.75 Å². The summed E-state index contributed by atoms with van der Waals surface area (Å²) in [4.78, 5) is 27.9. The van der Waals surface area contributed by atoms with Crippen molar-refractivity contribution >= 4 is 28.7 Å². The van der Waals surface area contributed by atoms with Gasteiger partial charge in [-0.2, -0.15) is 0 Å². The summed E-state index contributed by atoms with van der Waals surface area (Å²) in [5.74, 6) is 1.34. The third-order valence-electron chi connectivity index (χ3n) is 4.13. The lowest BCUT2D eigenvalue weighted by Crippen LogP contribution is -2.35. The molecular weight excluding hydrogens is 356 g/mol. The fraction of sp³-hybridized carbons (Fsp3) is 0.300. The number of aromatic amines is 1. The minimum Gasteiger partial charge on any atom is -0.497 e. The van der Waals surface area contributed by atoms with Gasteiger partial charge >= 0.3 is 0 Å². The summed E-state index contributed by atoms with van der Waals surface area (Å²) in [6, 6.07) is 7.81. The highest BCUT2D eigenvalue weighted by molar-refractivity contribution is 6.02. The number of nitrogens with one attached hydrogen (secondary N) is 3. The standard InChI is InChI=1S/C20H24N6O2/c1-12-9-13(2)24-20(23-12)26-19(25-14(3)27)21-8-7-15-11-22-18-10-16(28-4)5-6-17(15)18/h5-6,9-11,22H,7-8H2,1-4H3,(H2,21,23,24,25,26,27). The normalized spacial score (nSPS) is 11.5. The highest BCUT2D eigenvalue weighted by Gasteiger charge is 2.08. The van der Waals surface area contributed by atoms with Crippen LogP contribution in [0.2, 0.25) is 0 Å². The number of rotatable bonds is 5. The van der Waals surface area contributed by atoms with E-state index in [1.165, 1.54) is 6.92 Å². The van der Waals surface area contributed by atoms with Crippen LogP contribution >= 0.6 is 0 Å². The second-order valence-corrected chi connectivity index (χ2v) is 6.49. The Labute approximate surface area is 163 Å². The third kappa shape index (κ3) is 4.85. The first-order chi connectivity index (χ1) is 13.4. The highest BCUT2D eigenvalue weighted by atomic mass is 16.5. The molecule has 146 valence electrons. The van der Waals surface area contributed by atoms with Crippen LogP contribution in [-0.4, -0.2) is 40.5 Å². The van der Waals surface area contributed by atoms with Crippen molar-refractivity contribution in [3.63, 3.8) is 0 Å². The van der Waals surface area contributed by atoms with Crippen molar-refractivity contribution in [3.05, 3.63) is 47.4 Å². The van der Waals surface area contributed by atoms with E-state index in [1.807, 2.05) is 44.3 Å². The molecule has 0 saturated heterocycles. The Morgan fingerprint density at radius 1 is 1.21 bits per heavy atom. The quantitative estimate of drug-likeness (QED) is 0.466. The first-order valence-corrected chi connectivity index (χ1v) is 9.00. The van der Waals surface area contributed by atoms with Crippen LogP contribution in [0.25, 0.3) is 10.9 Å². The maximum absolute atomic E-state index is 11.5. The molecule has 0 radical (unpaired) electrons. The van der Waals surface area contributed by atoms with Gasteiger partial charge in [-0.3, -0.25) is 20.4 Å². The van der Waals surface area contributed by atoms with E-state index < -0.39 is 0 Å². The molecule has 3 N–H and O–H groups in total. The van der Waals surface area contributed by atoms with Crippen LogP contribution in [-0.2, 0) is 11.2 Å². The van der Waals surface area contributed by atoms with Gasteiger partial charge in [0.15, 0.2) is 0 Å².